The van der Waals surface area contributed by atoms with E-state index < -0.39 is 0 Å². The Morgan fingerprint density at radius 3 is 2.69 bits per heavy atom. The van der Waals surface area contributed by atoms with Gasteiger partial charge in [-0.25, -0.2) is 4.39 Å². The van der Waals surface area contributed by atoms with Gasteiger partial charge in [-0.3, -0.25) is 14.8 Å². The lowest BCUT2D eigenvalue weighted by Crippen LogP contribution is -2.38. The van der Waals surface area contributed by atoms with E-state index in [9.17, 15) is 9.18 Å². The van der Waals surface area contributed by atoms with E-state index in [1.165, 1.54) is 31.7 Å². The fourth-order valence-electron chi connectivity index (χ4n) is 4.18. The second-order valence-electron chi connectivity index (χ2n) is 7.27. The number of carbonyl (C=O) groups excluding carboxylic acids is 1. The van der Waals surface area contributed by atoms with Crippen LogP contribution >= 0.6 is 0 Å². The van der Waals surface area contributed by atoms with Crippen molar-refractivity contribution in [3.05, 3.63) is 41.8 Å². The number of H-pyrrole nitrogens is 1. The first kappa shape index (κ1) is 17.2. The van der Waals surface area contributed by atoms with Gasteiger partial charge < -0.3 is 4.90 Å². The molecule has 138 valence electrons. The van der Waals surface area contributed by atoms with Crippen LogP contribution in [0.4, 0.5) is 4.39 Å². The fourth-order valence-corrected chi connectivity index (χ4v) is 4.18. The van der Waals surface area contributed by atoms with Gasteiger partial charge in [0.25, 0.3) is 5.91 Å². The van der Waals surface area contributed by atoms with Crippen molar-refractivity contribution in [2.24, 2.45) is 0 Å². The summed E-state index contributed by atoms with van der Waals surface area (Å²) in [6.07, 6.45) is 6.24. The molecule has 0 spiro atoms. The van der Waals surface area contributed by atoms with Crippen LogP contribution in [0.2, 0.25) is 0 Å². The summed E-state index contributed by atoms with van der Waals surface area (Å²) in [4.78, 5) is 17.3. The molecule has 26 heavy (non-hydrogen) atoms. The zero-order valence-electron chi connectivity index (χ0n) is 15.0. The molecule has 1 aromatic carbocycles. The van der Waals surface area contributed by atoms with Crippen LogP contribution in [0.15, 0.2) is 30.3 Å². The van der Waals surface area contributed by atoms with Gasteiger partial charge in [0.2, 0.25) is 0 Å². The first-order valence-electron chi connectivity index (χ1n) is 9.56. The standard InChI is InChI=1S/C20H25FN4O/c21-17-9-4-3-8-16(17)18-14-19(23-22-18)20(26)25-11-5-10-24(12-13-25)15-6-1-2-7-15/h3-4,8-9,14-15H,1-2,5-7,10-13H2,(H,22,23). The summed E-state index contributed by atoms with van der Waals surface area (Å²) in [6, 6.07) is 8.83. The number of nitrogens with zero attached hydrogens (tertiary/aromatic N) is 3. The van der Waals surface area contributed by atoms with Crippen LogP contribution in [-0.4, -0.2) is 58.1 Å². The molecular weight excluding hydrogens is 331 g/mol. The topological polar surface area (TPSA) is 52.2 Å². The van der Waals surface area contributed by atoms with Gasteiger partial charge in [0.1, 0.15) is 11.5 Å². The molecule has 0 atom stereocenters. The van der Waals surface area contributed by atoms with Gasteiger partial charge in [0.05, 0.1) is 5.69 Å². The molecule has 2 aliphatic rings. The van der Waals surface area contributed by atoms with Crippen LogP contribution in [0.1, 0.15) is 42.6 Å². The van der Waals surface area contributed by atoms with Gasteiger partial charge in [-0.2, -0.15) is 5.10 Å². The quantitative estimate of drug-likeness (QED) is 0.918. The van der Waals surface area contributed by atoms with Crippen molar-refractivity contribution in [1.29, 1.82) is 0 Å². The molecule has 2 heterocycles. The smallest absolute Gasteiger partial charge is 0.271 e. The lowest BCUT2D eigenvalue weighted by atomic mass is 10.1. The molecule has 1 amide bonds. The number of hydrogen-bond donors (Lipinski definition) is 1. The van der Waals surface area contributed by atoms with Gasteiger partial charge in [0.15, 0.2) is 0 Å². The Kier molecular flexibility index (Phi) is 5.02. The van der Waals surface area contributed by atoms with E-state index >= 15 is 0 Å². The lowest BCUT2D eigenvalue weighted by molar-refractivity contribution is 0.0752. The summed E-state index contributed by atoms with van der Waals surface area (Å²) in [5, 5.41) is 6.94. The minimum atomic E-state index is -0.333. The third-order valence-corrected chi connectivity index (χ3v) is 5.62. The number of rotatable bonds is 3. The maximum absolute atomic E-state index is 13.9. The molecule has 5 nitrogen and oxygen atoms in total. The Bertz CT molecular complexity index is 769. The molecule has 1 aromatic heterocycles. The summed E-state index contributed by atoms with van der Waals surface area (Å²) in [5.41, 5.74) is 1.30. The molecule has 2 aromatic rings. The number of nitrogens with one attached hydrogen (secondary N) is 1. The highest BCUT2D eigenvalue weighted by Crippen LogP contribution is 2.25. The number of carbonyl (C=O) groups is 1. The Labute approximate surface area is 153 Å². The normalized spacial score (nSPS) is 19.7. The SMILES string of the molecule is O=C(c1cc(-c2ccccc2F)n[nH]1)N1CCCN(C2CCCC2)CC1. The van der Waals surface area contributed by atoms with Crippen LogP contribution < -0.4 is 0 Å². The molecule has 6 heteroatoms. The number of aromatic nitrogens is 2. The highest BCUT2D eigenvalue weighted by atomic mass is 19.1. The number of aromatic amines is 1. The number of amides is 1. The molecular formula is C20H25FN4O. The van der Waals surface area contributed by atoms with Crippen molar-refractivity contribution in [3.63, 3.8) is 0 Å². The Hall–Kier alpha value is -2.21. The third-order valence-electron chi connectivity index (χ3n) is 5.62. The summed E-state index contributed by atoms with van der Waals surface area (Å²) >= 11 is 0. The molecule has 0 bridgehead atoms. The minimum Gasteiger partial charge on any atom is -0.336 e. The molecule has 1 saturated carbocycles. The monoisotopic (exact) mass is 356 g/mol. The highest BCUT2D eigenvalue weighted by Gasteiger charge is 2.27. The molecule has 2 fully saturated rings. The largest absolute Gasteiger partial charge is 0.336 e. The van der Waals surface area contributed by atoms with Crippen LogP contribution in [-0.2, 0) is 0 Å². The average molecular weight is 356 g/mol. The summed E-state index contributed by atoms with van der Waals surface area (Å²) < 4.78 is 13.9. The Balaban J connectivity index is 1.44. The maximum Gasteiger partial charge on any atom is 0.271 e. The number of hydrogen-bond acceptors (Lipinski definition) is 3. The first-order chi connectivity index (χ1) is 12.7. The first-order valence-corrected chi connectivity index (χ1v) is 9.56. The van der Waals surface area contributed by atoms with Crippen molar-refractivity contribution >= 4 is 5.91 Å². The minimum absolute atomic E-state index is 0.0478. The Morgan fingerprint density at radius 2 is 1.88 bits per heavy atom. The van der Waals surface area contributed by atoms with Crippen molar-refractivity contribution < 1.29 is 9.18 Å². The average Bonchev–Trinajstić information content (AvgIpc) is 3.30. The molecule has 0 unspecified atom stereocenters. The summed E-state index contributed by atoms with van der Waals surface area (Å²) in [7, 11) is 0. The van der Waals surface area contributed by atoms with E-state index in [1.807, 2.05) is 4.90 Å². The highest BCUT2D eigenvalue weighted by molar-refractivity contribution is 5.93. The van der Waals surface area contributed by atoms with Crippen molar-refractivity contribution in [1.82, 2.24) is 20.0 Å². The van der Waals surface area contributed by atoms with Gasteiger partial charge in [-0.1, -0.05) is 25.0 Å². The van der Waals surface area contributed by atoms with Crippen molar-refractivity contribution in [2.75, 3.05) is 26.2 Å². The predicted molar refractivity (Wildman–Crippen MR) is 98.3 cm³/mol. The molecule has 1 aliphatic heterocycles. The second kappa shape index (κ2) is 7.58. The van der Waals surface area contributed by atoms with Crippen LogP contribution in [0.3, 0.4) is 0 Å². The van der Waals surface area contributed by atoms with Crippen molar-refractivity contribution in [2.45, 2.75) is 38.1 Å². The van der Waals surface area contributed by atoms with Gasteiger partial charge in [-0.05, 0) is 37.5 Å². The fraction of sp³-hybridized carbons (Fsp3) is 0.500. The van der Waals surface area contributed by atoms with Crippen molar-refractivity contribution in [3.8, 4) is 11.3 Å². The van der Waals surface area contributed by atoms with E-state index in [2.05, 4.69) is 15.1 Å². The summed E-state index contributed by atoms with van der Waals surface area (Å²) in [6.45, 7) is 3.50. The van der Waals surface area contributed by atoms with Crippen LogP contribution in [0.5, 0.6) is 0 Å². The van der Waals surface area contributed by atoms with E-state index in [1.54, 1.807) is 24.3 Å². The van der Waals surface area contributed by atoms with Gasteiger partial charge >= 0.3 is 0 Å². The zero-order valence-corrected chi connectivity index (χ0v) is 15.0. The summed E-state index contributed by atoms with van der Waals surface area (Å²) in [5.74, 6) is -0.381. The lowest BCUT2D eigenvalue weighted by Gasteiger charge is -2.27. The van der Waals surface area contributed by atoms with Gasteiger partial charge in [0, 0.05) is 37.8 Å². The van der Waals surface area contributed by atoms with Crippen LogP contribution in [0.25, 0.3) is 11.3 Å². The third kappa shape index (κ3) is 3.51. The number of benzene rings is 1. The molecule has 0 radical (unpaired) electrons. The van der Waals surface area contributed by atoms with E-state index in [0.29, 0.717) is 23.0 Å². The number of halogens is 1. The predicted octanol–water partition coefficient (Wildman–Crippen LogP) is 3.31. The maximum atomic E-state index is 13.9. The van der Waals surface area contributed by atoms with E-state index in [4.69, 9.17) is 0 Å². The zero-order chi connectivity index (χ0) is 17.9. The Morgan fingerprint density at radius 1 is 1.08 bits per heavy atom. The molecule has 1 aliphatic carbocycles. The van der Waals surface area contributed by atoms with Crippen LogP contribution in [0, 0.1) is 5.82 Å². The molecule has 1 saturated heterocycles. The van der Waals surface area contributed by atoms with Gasteiger partial charge in [-0.15, -0.1) is 0 Å². The molecule has 4 rings (SSSR count). The second-order valence-corrected chi connectivity index (χ2v) is 7.27. The molecule has 1 N–H and O–H groups in total. The van der Waals surface area contributed by atoms with E-state index in [0.717, 1.165) is 32.6 Å². The van der Waals surface area contributed by atoms with E-state index in [-0.39, 0.29) is 11.7 Å².